The van der Waals surface area contributed by atoms with Crippen LogP contribution in [0, 0.1) is 18.7 Å². The summed E-state index contributed by atoms with van der Waals surface area (Å²) in [5.74, 6) is -0.823. The van der Waals surface area contributed by atoms with Crippen molar-refractivity contribution in [1.82, 2.24) is 20.2 Å². The number of aryl methyl sites for hydroxylation is 1. The highest BCUT2D eigenvalue weighted by Crippen LogP contribution is 2.21. The van der Waals surface area contributed by atoms with Crippen LogP contribution in [0.25, 0.3) is 11.4 Å². The van der Waals surface area contributed by atoms with E-state index in [1.165, 1.54) is 16.8 Å². The lowest BCUT2D eigenvalue weighted by molar-refractivity contribution is -0.138. The molecule has 21 heavy (non-hydrogen) atoms. The molecule has 0 saturated heterocycles. The zero-order valence-electron chi connectivity index (χ0n) is 12.0. The number of aromatic nitrogens is 4. The number of aliphatic carboxylic acids is 1. The summed E-state index contributed by atoms with van der Waals surface area (Å²) in [7, 11) is 0. The number of halogens is 1. The van der Waals surface area contributed by atoms with E-state index >= 15 is 0 Å². The first kappa shape index (κ1) is 15.1. The summed E-state index contributed by atoms with van der Waals surface area (Å²) in [6.07, 6.45) is 0.756. The third-order valence-corrected chi connectivity index (χ3v) is 3.30. The molecular weight excluding hydrogens is 275 g/mol. The van der Waals surface area contributed by atoms with Gasteiger partial charge >= 0.3 is 5.97 Å². The Balaban J connectivity index is 2.27. The number of rotatable bonds is 6. The van der Waals surface area contributed by atoms with Gasteiger partial charge in [-0.1, -0.05) is 13.3 Å². The van der Waals surface area contributed by atoms with Crippen molar-refractivity contribution in [2.24, 2.45) is 5.92 Å². The lowest BCUT2D eigenvalue weighted by Crippen LogP contribution is -2.16. The zero-order valence-corrected chi connectivity index (χ0v) is 12.0. The van der Waals surface area contributed by atoms with Gasteiger partial charge in [0.05, 0.1) is 0 Å². The van der Waals surface area contributed by atoms with Gasteiger partial charge in [0.15, 0.2) is 5.82 Å². The zero-order chi connectivity index (χ0) is 15.4. The van der Waals surface area contributed by atoms with Gasteiger partial charge < -0.3 is 5.11 Å². The number of carboxylic acids is 1. The molecule has 2 rings (SSSR count). The van der Waals surface area contributed by atoms with Crippen LogP contribution in [0.3, 0.4) is 0 Å². The molecule has 0 saturated carbocycles. The standard InChI is InChI=1S/C14H17FN4O2/c1-3-10(6-13(20)21)8-19-14(16-17-18-19)11-4-9(2)5-12(15)7-11/h4-5,7,10H,3,6,8H2,1-2H3,(H,20,21). The van der Waals surface area contributed by atoms with Crippen molar-refractivity contribution < 1.29 is 14.3 Å². The van der Waals surface area contributed by atoms with Crippen molar-refractivity contribution in [1.29, 1.82) is 0 Å². The lowest BCUT2D eigenvalue weighted by atomic mass is 10.0. The van der Waals surface area contributed by atoms with E-state index in [2.05, 4.69) is 15.5 Å². The molecule has 1 unspecified atom stereocenters. The van der Waals surface area contributed by atoms with Gasteiger partial charge in [-0.25, -0.2) is 9.07 Å². The second-order valence-corrected chi connectivity index (χ2v) is 5.07. The Kier molecular flexibility index (Phi) is 4.62. The molecular formula is C14H17FN4O2. The van der Waals surface area contributed by atoms with Gasteiger partial charge in [0.1, 0.15) is 5.82 Å². The third kappa shape index (κ3) is 3.84. The van der Waals surface area contributed by atoms with Crippen LogP contribution in [0.5, 0.6) is 0 Å². The normalized spacial score (nSPS) is 12.3. The maximum Gasteiger partial charge on any atom is 0.303 e. The molecule has 0 fully saturated rings. The first-order valence-corrected chi connectivity index (χ1v) is 6.75. The van der Waals surface area contributed by atoms with Crippen LogP contribution in [0.2, 0.25) is 0 Å². The van der Waals surface area contributed by atoms with Crippen LogP contribution in [-0.2, 0) is 11.3 Å². The fourth-order valence-electron chi connectivity index (χ4n) is 2.23. The molecule has 0 bridgehead atoms. The summed E-state index contributed by atoms with van der Waals surface area (Å²) in [5, 5.41) is 20.3. The van der Waals surface area contributed by atoms with Gasteiger partial charge in [-0.05, 0) is 47.0 Å². The summed E-state index contributed by atoms with van der Waals surface area (Å²) < 4.78 is 15.0. The largest absolute Gasteiger partial charge is 0.481 e. The van der Waals surface area contributed by atoms with E-state index < -0.39 is 5.97 Å². The quantitative estimate of drug-likeness (QED) is 0.883. The van der Waals surface area contributed by atoms with E-state index in [1.54, 1.807) is 13.0 Å². The Morgan fingerprint density at radius 1 is 1.43 bits per heavy atom. The maximum atomic E-state index is 13.5. The van der Waals surface area contributed by atoms with E-state index in [4.69, 9.17) is 5.11 Å². The Morgan fingerprint density at radius 3 is 2.81 bits per heavy atom. The molecule has 1 N–H and O–H groups in total. The topological polar surface area (TPSA) is 80.9 Å². The van der Waals surface area contributed by atoms with Gasteiger partial charge in [0, 0.05) is 18.5 Å². The van der Waals surface area contributed by atoms with E-state index in [0.29, 0.717) is 24.4 Å². The molecule has 6 nitrogen and oxygen atoms in total. The molecule has 2 aromatic rings. The van der Waals surface area contributed by atoms with Crippen molar-refractivity contribution >= 4 is 5.97 Å². The number of carbonyl (C=O) groups is 1. The number of hydrogen-bond acceptors (Lipinski definition) is 4. The number of carboxylic acid groups (broad SMARTS) is 1. The van der Waals surface area contributed by atoms with Crippen molar-refractivity contribution in [2.75, 3.05) is 0 Å². The number of hydrogen-bond donors (Lipinski definition) is 1. The van der Waals surface area contributed by atoms with Gasteiger partial charge in [-0.2, -0.15) is 0 Å². The number of tetrazole rings is 1. The Hall–Kier alpha value is -2.31. The molecule has 1 aromatic heterocycles. The molecule has 1 atom stereocenters. The van der Waals surface area contributed by atoms with Gasteiger partial charge in [0.2, 0.25) is 0 Å². The fourth-order valence-corrected chi connectivity index (χ4v) is 2.23. The summed E-state index contributed by atoms with van der Waals surface area (Å²) in [6, 6.07) is 4.59. The van der Waals surface area contributed by atoms with Crippen molar-refractivity contribution in [3.8, 4) is 11.4 Å². The molecule has 0 aliphatic carbocycles. The average Bonchev–Trinajstić information content (AvgIpc) is 2.84. The molecule has 1 aromatic carbocycles. The van der Waals surface area contributed by atoms with Crippen molar-refractivity contribution in [3.05, 3.63) is 29.6 Å². The minimum absolute atomic E-state index is 0.0536. The summed E-state index contributed by atoms with van der Waals surface area (Å²) in [5.41, 5.74) is 1.36. The smallest absolute Gasteiger partial charge is 0.303 e. The number of benzene rings is 1. The monoisotopic (exact) mass is 292 g/mol. The molecule has 7 heteroatoms. The van der Waals surface area contributed by atoms with Crippen LogP contribution < -0.4 is 0 Å². The summed E-state index contributed by atoms with van der Waals surface area (Å²) in [4.78, 5) is 10.8. The van der Waals surface area contributed by atoms with Crippen molar-refractivity contribution in [2.45, 2.75) is 33.2 Å². The molecule has 0 aliphatic rings. The Bertz CT molecular complexity index is 621. The predicted octanol–water partition coefficient (Wildman–Crippen LogP) is 2.29. The Labute approximate surface area is 121 Å². The van der Waals surface area contributed by atoms with E-state index in [9.17, 15) is 9.18 Å². The van der Waals surface area contributed by atoms with Crippen LogP contribution in [-0.4, -0.2) is 31.3 Å². The van der Waals surface area contributed by atoms with E-state index in [1.807, 2.05) is 6.92 Å². The molecule has 0 radical (unpaired) electrons. The predicted molar refractivity (Wildman–Crippen MR) is 74.0 cm³/mol. The van der Waals surface area contributed by atoms with Crippen LogP contribution in [0.1, 0.15) is 25.3 Å². The van der Waals surface area contributed by atoms with Gasteiger partial charge in [0.25, 0.3) is 0 Å². The molecule has 0 spiro atoms. The molecule has 112 valence electrons. The van der Waals surface area contributed by atoms with Crippen LogP contribution >= 0.6 is 0 Å². The van der Waals surface area contributed by atoms with Gasteiger partial charge in [-0.15, -0.1) is 5.10 Å². The SMILES string of the molecule is CCC(CC(=O)O)Cn1nnnc1-c1cc(C)cc(F)c1. The van der Waals surface area contributed by atoms with Crippen LogP contribution in [0.15, 0.2) is 18.2 Å². The van der Waals surface area contributed by atoms with E-state index in [-0.39, 0.29) is 18.2 Å². The highest BCUT2D eigenvalue weighted by molar-refractivity contribution is 5.67. The third-order valence-electron chi connectivity index (χ3n) is 3.30. The first-order chi connectivity index (χ1) is 9.99. The van der Waals surface area contributed by atoms with Crippen molar-refractivity contribution in [3.63, 3.8) is 0 Å². The minimum atomic E-state index is -0.849. The van der Waals surface area contributed by atoms with E-state index in [0.717, 1.165) is 5.56 Å². The number of nitrogens with zero attached hydrogens (tertiary/aromatic N) is 4. The molecule has 0 amide bonds. The molecule has 0 aliphatic heterocycles. The maximum absolute atomic E-state index is 13.5. The fraction of sp³-hybridized carbons (Fsp3) is 0.429. The lowest BCUT2D eigenvalue weighted by Gasteiger charge is -2.13. The van der Waals surface area contributed by atoms with Gasteiger partial charge in [-0.3, -0.25) is 4.79 Å². The first-order valence-electron chi connectivity index (χ1n) is 6.75. The molecule has 1 heterocycles. The second kappa shape index (κ2) is 6.43. The Morgan fingerprint density at radius 2 is 2.19 bits per heavy atom. The summed E-state index contributed by atoms with van der Waals surface area (Å²) in [6.45, 7) is 4.10. The van der Waals surface area contributed by atoms with Crippen LogP contribution in [0.4, 0.5) is 4.39 Å². The minimum Gasteiger partial charge on any atom is -0.481 e. The average molecular weight is 292 g/mol. The second-order valence-electron chi connectivity index (χ2n) is 5.07. The highest BCUT2D eigenvalue weighted by atomic mass is 19.1. The summed E-state index contributed by atoms with van der Waals surface area (Å²) >= 11 is 0. The highest BCUT2D eigenvalue weighted by Gasteiger charge is 2.17.